The number of carbonyl (C=O) groups is 1. The monoisotopic (exact) mass is 304 g/mol. The van der Waals surface area contributed by atoms with Crippen molar-refractivity contribution in [2.24, 2.45) is 0 Å². The fourth-order valence-electron chi connectivity index (χ4n) is 2.97. The minimum atomic E-state index is -0.0800. The standard InChI is InChI=1S/C19H16N2O2/c20-16-6-3-7-17-19(16)21(18(22)12-23-17)11-13-8-9-14-4-1-2-5-15(14)10-13/h1-10H,11-12,20H2. The summed E-state index contributed by atoms with van der Waals surface area (Å²) in [7, 11) is 0. The molecule has 3 aromatic rings. The van der Waals surface area contributed by atoms with E-state index in [1.807, 2.05) is 30.3 Å². The van der Waals surface area contributed by atoms with E-state index in [4.69, 9.17) is 10.5 Å². The summed E-state index contributed by atoms with van der Waals surface area (Å²) < 4.78 is 5.48. The first-order chi connectivity index (χ1) is 11.2. The molecule has 1 aliphatic heterocycles. The molecule has 0 unspecified atom stereocenters. The molecular weight excluding hydrogens is 288 g/mol. The molecule has 2 N–H and O–H groups in total. The molecule has 4 nitrogen and oxygen atoms in total. The van der Waals surface area contributed by atoms with E-state index in [1.165, 1.54) is 5.39 Å². The summed E-state index contributed by atoms with van der Waals surface area (Å²) in [4.78, 5) is 14.0. The van der Waals surface area contributed by atoms with E-state index >= 15 is 0 Å². The Kier molecular flexibility index (Phi) is 3.15. The fourth-order valence-corrected chi connectivity index (χ4v) is 2.97. The summed E-state index contributed by atoms with van der Waals surface area (Å²) in [5, 5.41) is 2.34. The van der Waals surface area contributed by atoms with Crippen LogP contribution in [-0.2, 0) is 11.3 Å². The molecule has 4 rings (SSSR count). The van der Waals surface area contributed by atoms with E-state index in [0.29, 0.717) is 23.7 Å². The lowest BCUT2D eigenvalue weighted by Gasteiger charge is -2.30. The maximum atomic E-state index is 12.3. The SMILES string of the molecule is Nc1cccc2c1N(Cc1ccc3ccccc3c1)C(=O)CO2. The molecule has 0 aromatic heterocycles. The van der Waals surface area contributed by atoms with E-state index in [1.54, 1.807) is 11.0 Å². The second kappa shape index (κ2) is 5.32. The van der Waals surface area contributed by atoms with Crippen molar-refractivity contribution in [1.29, 1.82) is 0 Å². The van der Waals surface area contributed by atoms with E-state index in [0.717, 1.165) is 10.9 Å². The van der Waals surface area contributed by atoms with Crippen LogP contribution in [0.5, 0.6) is 5.75 Å². The normalized spacial score (nSPS) is 13.7. The molecule has 0 fully saturated rings. The van der Waals surface area contributed by atoms with Gasteiger partial charge in [-0.05, 0) is 34.5 Å². The smallest absolute Gasteiger partial charge is 0.265 e. The van der Waals surface area contributed by atoms with Crippen molar-refractivity contribution in [3.8, 4) is 5.75 Å². The van der Waals surface area contributed by atoms with Gasteiger partial charge in [0.2, 0.25) is 0 Å². The number of benzene rings is 3. The first-order valence-corrected chi connectivity index (χ1v) is 7.52. The van der Waals surface area contributed by atoms with E-state index in [9.17, 15) is 4.79 Å². The predicted octanol–water partition coefficient (Wildman–Crippen LogP) is 3.35. The molecule has 0 spiro atoms. The second-order valence-electron chi connectivity index (χ2n) is 5.64. The van der Waals surface area contributed by atoms with Crippen molar-refractivity contribution in [3.05, 3.63) is 66.2 Å². The van der Waals surface area contributed by atoms with Crippen molar-refractivity contribution >= 4 is 28.1 Å². The lowest BCUT2D eigenvalue weighted by atomic mass is 10.1. The van der Waals surface area contributed by atoms with Gasteiger partial charge < -0.3 is 10.5 Å². The van der Waals surface area contributed by atoms with Crippen LogP contribution in [0, 0.1) is 0 Å². The number of ether oxygens (including phenoxy) is 1. The zero-order chi connectivity index (χ0) is 15.8. The summed E-state index contributed by atoms with van der Waals surface area (Å²) in [6, 6.07) is 19.9. The van der Waals surface area contributed by atoms with Crippen molar-refractivity contribution in [3.63, 3.8) is 0 Å². The fraction of sp³-hybridized carbons (Fsp3) is 0.105. The number of carbonyl (C=O) groups excluding carboxylic acids is 1. The van der Waals surface area contributed by atoms with Crippen molar-refractivity contribution < 1.29 is 9.53 Å². The Hall–Kier alpha value is -3.01. The van der Waals surface area contributed by atoms with Crippen LogP contribution >= 0.6 is 0 Å². The Morgan fingerprint density at radius 3 is 2.70 bits per heavy atom. The Labute approximate surface area is 134 Å². The number of anilines is 2. The highest BCUT2D eigenvalue weighted by molar-refractivity contribution is 6.01. The van der Waals surface area contributed by atoms with Crippen molar-refractivity contribution in [1.82, 2.24) is 0 Å². The van der Waals surface area contributed by atoms with Crippen LogP contribution < -0.4 is 15.4 Å². The molecule has 1 aliphatic rings. The number of hydrogen-bond donors (Lipinski definition) is 1. The molecule has 114 valence electrons. The first kappa shape index (κ1) is 13.6. The molecule has 4 heteroatoms. The van der Waals surface area contributed by atoms with Gasteiger partial charge in [-0.1, -0.05) is 42.5 Å². The average molecular weight is 304 g/mol. The third-order valence-electron chi connectivity index (χ3n) is 4.11. The third-order valence-corrected chi connectivity index (χ3v) is 4.11. The van der Waals surface area contributed by atoms with Gasteiger partial charge in [0, 0.05) is 0 Å². The van der Waals surface area contributed by atoms with E-state index in [-0.39, 0.29) is 12.5 Å². The van der Waals surface area contributed by atoms with Crippen LogP contribution in [-0.4, -0.2) is 12.5 Å². The van der Waals surface area contributed by atoms with Crippen LogP contribution in [0.3, 0.4) is 0 Å². The minimum absolute atomic E-state index is 0.0457. The van der Waals surface area contributed by atoms with Crippen LogP contribution in [0.25, 0.3) is 10.8 Å². The summed E-state index contributed by atoms with van der Waals surface area (Å²) in [6.45, 7) is 0.526. The van der Waals surface area contributed by atoms with Gasteiger partial charge in [-0.25, -0.2) is 0 Å². The van der Waals surface area contributed by atoms with Gasteiger partial charge in [0.05, 0.1) is 12.2 Å². The summed E-state index contributed by atoms with van der Waals surface area (Å²) >= 11 is 0. The van der Waals surface area contributed by atoms with Gasteiger partial charge in [0.15, 0.2) is 6.61 Å². The highest BCUT2D eigenvalue weighted by Gasteiger charge is 2.27. The number of rotatable bonds is 2. The van der Waals surface area contributed by atoms with Gasteiger partial charge in [0.25, 0.3) is 5.91 Å². The number of para-hydroxylation sites is 1. The summed E-state index contributed by atoms with van der Waals surface area (Å²) in [5.74, 6) is 0.578. The number of amides is 1. The molecule has 0 atom stereocenters. The zero-order valence-corrected chi connectivity index (χ0v) is 12.5. The van der Waals surface area contributed by atoms with Gasteiger partial charge in [-0.3, -0.25) is 9.69 Å². The number of nitrogens with two attached hydrogens (primary N) is 1. The third kappa shape index (κ3) is 2.38. The predicted molar refractivity (Wildman–Crippen MR) is 91.5 cm³/mol. The topological polar surface area (TPSA) is 55.6 Å². The second-order valence-corrected chi connectivity index (χ2v) is 5.64. The molecule has 0 radical (unpaired) electrons. The van der Waals surface area contributed by atoms with Crippen LogP contribution in [0.4, 0.5) is 11.4 Å². The van der Waals surface area contributed by atoms with Crippen molar-refractivity contribution in [2.75, 3.05) is 17.2 Å². The zero-order valence-electron chi connectivity index (χ0n) is 12.5. The van der Waals surface area contributed by atoms with Gasteiger partial charge in [-0.15, -0.1) is 0 Å². The number of fused-ring (bicyclic) bond motifs is 2. The summed E-state index contributed by atoms with van der Waals surface area (Å²) in [5.41, 5.74) is 8.34. The lowest BCUT2D eigenvalue weighted by Crippen LogP contribution is -2.38. The molecule has 1 amide bonds. The largest absolute Gasteiger partial charge is 0.481 e. The van der Waals surface area contributed by atoms with E-state index < -0.39 is 0 Å². The molecule has 23 heavy (non-hydrogen) atoms. The maximum absolute atomic E-state index is 12.3. The Balaban J connectivity index is 1.74. The molecule has 1 heterocycles. The maximum Gasteiger partial charge on any atom is 0.265 e. The molecule has 0 aliphatic carbocycles. The van der Waals surface area contributed by atoms with Crippen LogP contribution in [0.2, 0.25) is 0 Å². The quantitative estimate of drug-likeness (QED) is 0.739. The molecular formula is C19H16N2O2. The number of nitrogen functional groups attached to an aromatic ring is 1. The van der Waals surface area contributed by atoms with E-state index in [2.05, 4.69) is 24.3 Å². The van der Waals surface area contributed by atoms with Gasteiger partial charge in [-0.2, -0.15) is 0 Å². The highest BCUT2D eigenvalue weighted by Crippen LogP contribution is 2.38. The van der Waals surface area contributed by atoms with Crippen molar-refractivity contribution in [2.45, 2.75) is 6.54 Å². The Morgan fingerprint density at radius 2 is 1.83 bits per heavy atom. The minimum Gasteiger partial charge on any atom is -0.481 e. The average Bonchev–Trinajstić information content (AvgIpc) is 2.57. The molecule has 3 aromatic carbocycles. The highest BCUT2D eigenvalue weighted by atomic mass is 16.5. The molecule has 0 bridgehead atoms. The first-order valence-electron chi connectivity index (χ1n) is 7.52. The number of nitrogens with zero attached hydrogens (tertiary/aromatic N) is 1. The molecule has 0 saturated carbocycles. The summed E-state index contributed by atoms with van der Waals surface area (Å²) in [6.07, 6.45) is 0. The van der Waals surface area contributed by atoms with Crippen LogP contribution in [0.1, 0.15) is 5.56 Å². The lowest BCUT2D eigenvalue weighted by molar-refractivity contribution is -0.121. The van der Waals surface area contributed by atoms with Gasteiger partial charge >= 0.3 is 0 Å². The Bertz CT molecular complexity index is 905. The van der Waals surface area contributed by atoms with Crippen LogP contribution in [0.15, 0.2) is 60.7 Å². The number of hydrogen-bond acceptors (Lipinski definition) is 3. The molecule has 0 saturated heterocycles. The van der Waals surface area contributed by atoms with Gasteiger partial charge in [0.1, 0.15) is 11.4 Å². The Morgan fingerprint density at radius 1 is 1.00 bits per heavy atom.